The second-order valence-electron chi connectivity index (χ2n) is 36.2. The number of pyridine rings is 5. The summed E-state index contributed by atoms with van der Waals surface area (Å²) in [6.45, 7) is 39.4. The molecule has 5 heteroatoms. The summed E-state index contributed by atoms with van der Waals surface area (Å²) in [4.78, 5) is 0. The van der Waals surface area contributed by atoms with Crippen molar-refractivity contribution < 1.29 is 22.8 Å². The first kappa shape index (κ1) is 92.8. The molecule has 13 aromatic carbocycles. The molecule has 0 unspecified atom stereocenters. The summed E-state index contributed by atoms with van der Waals surface area (Å²) in [5, 5.41) is 0. The Morgan fingerprint density at radius 3 is 0.840 bits per heavy atom. The van der Waals surface area contributed by atoms with Crippen LogP contribution >= 0.6 is 0 Å². The van der Waals surface area contributed by atoms with Gasteiger partial charge in [0, 0.05) is 87.0 Å². The number of nitrogens with zero attached hydrogens (tertiary/aromatic N) is 5. The van der Waals surface area contributed by atoms with Crippen molar-refractivity contribution in [3.8, 4) is 145 Å². The SMILES string of the molecule is Cc1c[n+](C)c(-c2cc(-c3ccccc3)ccc2C)cc1-c1c(C)cccc1C.Cc1cc(C)c(-c2cc(-c3cc(-c4ccccc4)ccc3C)[n+](C)cc2C)c(C)c1.Cc1cc[n+](C)c(-c2cc(-c3ccccc3C)ccc2C)c1.Cc1ccc(-c2cc(-c3cc(-c4ccccc4)ccc3C)[n+](C)cc2C)c(C)c1.Cc1ccccc1-c1ccc(C)c(-c2cccc[n+]2C)c1. The van der Waals surface area contributed by atoms with Crippen LogP contribution in [0.25, 0.3) is 145 Å². The molecule has 652 valence electrons. The standard InChI is InChI=1S/C29H30N.2C28H28N.C21H22N.C20H20N/c1-19-14-21(3)29(22(4)15-19)27-17-28(30(6)18-23(27)5)26-16-25(13-12-20(26)2)24-10-8-7-9-11-24;1-19-14-15-24(23-12-7-6-8-13-23)16-25(19)27-17-26(22(4)18-29(27)5)28-20(2)10-9-11-21(28)3;1-19-11-14-25(21(3)15-19)26-17-28(29(5)18-22(26)4)27-16-24(13-12-20(27)2)23-9-7-6-8-10-23;1-15-11-12-22(4)21(13-15)20-14-18(10-9-17(20)3)19-8-6-5-7-16(19)2;1-15-8-4-5-9-18(15)17-12-11-16(2)19(14-17)20-10-6-7-13-21(20)3/h7-18H,1-6H3;2*6-18H,1-5H3;5-14H,1-4H3;4-14H,1-3H3/q5*+1. The average molecular weight is 1710 g/mol. The van der Waals surface area contributed by atoms with Crippen molar-refractivity contribution in [2.45, 2.75) is 125 Å². The van der Waals surface area contributed by atoms with E-state index >= 15 is 0 Å². The zero-order valence-corrected chi connectivity index (χ0v) is 81.3. The number of benzene rings is 13. The lowest BCUT2D eigenvalue weighted by molar-refractivity contribution is -0.660. The largest absolute Gasteiger partial charge is 0.213 e. The Bertz CT molecular complexity index is 7170. The van der Waals surface area contributed by atoms with Gasteiger partial charge in [-0.2, -0.15) is 0 Å². The van der Waals surface area contributed by atoms with Crippen molar-refractivity contribution >= 4 is 0 Å². The van der Waals surface area contributed by atoms with Gasteiger partial charge in [0.1, 0.15) is 35.2 Å². The van der Waals surface area contributed by atoms with E-state index in [1.54, 1.807) is 0 Å². The highest BCUT2D eigenvalue weighted by atomic mass is 14.9. The molecule has 0 atom stereocenters. The third kappa shape index (κ3) is 21.5. The monoisotopic (exact) mass is 1710 g/mol. The molecule has 18 aromatic rings. The Kier molecular flexibility index (Phi) is 29.3. The lowest BCUT2D eigenvalue weighted by atomic mass is 9.90. The third-order valence-electron chi connectivity index (χ3n) is 25.9. The molecule has 0 aliphatic heterocycles. The molecule has 18 rings (SSSR count). The number of hydrogen-bond donors (Lipinski definition) is 0. The second kappa shape index (κ2) is 41.4. The van der Waals surface area contributed by atoms with Gasteiger partial charge in [0.15, 0.2) is 31.0 Å². The van der Waals surface area contributed by atoms with Gasteiger partial charge < -0.3 is 0 Å². The normalized spacial score (nSPS) is 10.9. The van der Waals surface area contributed by atoms with Gasteiger partial charge in [-0.3, -0.25) is 0 Å². The first-order valence-corrected chi connectivity index (χ1v) is 45.9. The Morgan fingerprint density at radius 2 is 0.443 bits per heavy atom. The van der Waals surface area contributed by atoms with Crippen LogP contribution in [0.2, 0.25) is 0 Å². The average Bonchev–Trinajstić information content (AvgIpc) is 0.779. The number of aromatic nitrogens is 5. The van der Waals surface area contributed by atoms with Gasteiger partial charge >= 0.3 is 0 Å². The molecule has 5 nitrogen and oxygen atoms in total. The summed E-state index contributed by atoms with van der Waals surface area (Å²) < 4.78 is 11.1. The summed E-state index contributed by atoms with van der Waals surface area (Å²) in [6, 6.07) is 118. The number of aryl methyl sites for hydroxylation is 23. The van der Waals surface area contributed by atoms with Crippen molar-refractivity contribution in [3.05, 3.63) is 459 Å². The molecule has 0 spiro atoms. The molecule has 0 saturated carbocycles. The van der Waals surface area contributed by atoms with Crippen LogP contribution in [0.4, 0.5) is 0 Å². The van der Waals surface area contributed by atoms with Crippen LogP contribution in [0.15, 0.2) is 359 Å². The molecule has 0 radical (unpaired) electrons. The van der Waals surface area contributed by atoms with Crippen LogP contribution < -0.4 is 22.8 Å². The van der Waals surface area contributed by atoms with Crippen molar-refractivity contribution in [2.24, 2.45) is 35.2 Å². The van der Waals surface area contributed by atoms with E-state index in [0.29, 0.717) is 0 Å². The summed E-state index contributed by atoms with van der Waals surface area (Å²) in [6.07, 6.45) is 11.0. The lowest BCUT2D eigenvalue weighted by Gasteiger charge is -2.15. The zero-order valence-electron chi connectivity index (χ0n) is 81.3. The van der Waals surface area contributed by atoms with E-state index in [2.05, 4.69) is 541 Å². The Morgan fingerprint density at radius 1 is 0.137 bits per heavy atom. The highest BCUT2D eigenvalue weighted by Gasteiger charge is 2.25. The van der Waals surface area contributed by atoms with E-state index in [9.17, 15) is 0 Å². The molecule has 0 aliphatic carbocycles. The summed E-state index contributed by atoms with van der Waals surface area (Å²) >= 11 is 0. The maximum Gasteiger partial charge on any atom is 0.213 e. The van der Waals surface area contributed by atoms with Gasteiger partial charge in [0.05, 0.1) is 0 Å². The Labute approximate surface area is 781 Å². The van der Waals surface area contributed by atoms with E-state index in [1.165, 1.54) is 245 Å². The van der Waals surface area contributed by atoms with Gasteiger partial charge in [-0.1, -0.05) is 260 Å². The molecular weight excluding hydrogens is 1580 g/mol. The zero-order chi connectivity index (χ0) is 93.0. The van der Waals surface area contributed by atoms with E-state index in [4.69, 9.17) is 0 Å². The summed E-state index contributed by atoms with van der Waals surface area (Å²) in [5.41, 5.74) is 56.8. The number of rotatable bonds is 13. The van der Waals surface area contributed by atoms with Gasteiger partial charge in [0.25, 0.3) is 0 Å². The van der Waals surface area contributed by atoms with Crippen LogP contribution in [-0.2, 0) is 35.2 Å². The lowest BCUT2D eigenvalue weighted by Crippen LogP contribution is -2.31. The predicted molar refractivity (Wildman–Crippen MR) is 554 cm³/mol. The third-order valence-corrected chi connectivity index (χ3v) is 25.9. The molecule has 0 saturated heterocycles. The van der Waals surface area contributed by atoms with Crippen LogP contribution in [0.1, 0.15) is 100 Å². The molecule has 0 fully saturated rings. The number of hydrogen-bond acceptors (Lipinski definition) is 0. The van der Waals surface area contributed by atoms with Crippen molar-refractivity contribution in [3.63, 3.8) is 0 Å². The summed E-state index contributed by atoms with van der Waals surface area (Å²) in [7, 11) is 10.6. The van der Waals surface area contributed by atoms with Crippen LogP contribution in [0.5, 0.6) is 0 Å². The minimum atomic E-state index is 1.24. The molecule has 0 N–H and O–H groups in total. The van der Waals surface area contributed by atoms with Crippen molar-refractivity contribution in [2.75, 3.05) is 0 Å². The van der Waals surface area contributed by atoms with E-state index in [-0.39, 0.29) is 0 Å². The smallest absolute Gasteiger partial charge is 0.201 e. The fraction of sp³-hybridized carbons (Fsp3) is 0.183. The van der Waals surface area contributed by atoms with E-state index in [1.807, 2.05) is 0 Å². The van der Waals surface area contributed by atoms with Crippen molar-refractivity contribution in [1.29, 1.82) is 0 Å². The second-order valence-corrected chi connectivity index (χ2v) is 36.2. The quantitative estimate of drug-likeness (QED) is 0.103. The Hall–Kier alpha value is -14.4. The van der Waals surface area contributed by atoms with E-state index < -0.39 is 0 Å². The van der Waals surface area contributed by atoms with Crippen LogP contribution in [0, 0.1) is 125 Å². The van der Waals surface area contributed by atoms with Gasteiger partial charge in [0.2, 0.25) is 28.5 Å². The summed E-state index contributed by atoms with van der Waals surface area (Å²) in [5.74, 6) is 0. The van der Waals surface area contributed by atoms with Crippen LogP contribution in [-0.4, -0.2) is 0 Å². The van der Waals surface area contributed by atoms with Gasteiger partial charge in [-0.05, 0) is 322 Å². The first-order valence-electron chi connectivity index (χ1n) is 45.9. The molecule has 131 heavy (non-hydrogen) atoms. The minimum Gasteiger partial charge on any atom is -0.201 e. The highest BCUT2D eigenvalue weighted by molar-refractivity contribution is 5.84. The molecule has 5 heterocycles. The molecule has 0 amide bonds. The maximum absolute atomic E-state index is 2.37. The molecule has 0 aliphatic rings. The molecular formula is C126H128N5+5. The topological polar surface area (TPSA) is 19.4 Å². The molecule has 5 aromatic heterocycles. The minimum absolute atomic E-state index is 1.24. The fourth-order valence-electron chi connectivity index (χ4n) is 18.7. The maximum atomic E-state index is 2.37. The Balaban J connectivity index is 0.000000133. The predicted octanol–water partition coefficient (Wildman–Crippen LogP) is 29.8. The fourth-order valence-corrected chi connectivity index (χ4v) is 18.7. The first-order chi connectivity index (χ1) is 63.0. The van der Waals surface area contributed by atoms with Gasteiger partial charge in [-0.15, -0.1) is 0 Å². The highest BCUT2D eigenvalue weighted by Crippen LogP contribution is 2.40. The molecule has 0 bridgehead atoms. The van der Waals surface area contributed by atoms with Crippen molar-refractivity contribution in [1.82, 2.24) is 0 Å². The van der Waals surface area contributed by atoms with E-state index in [0.717, 1.165) is 0 Å². The van der Waals surface area contributed by atoms with Crippen LogP contribution in [0.3, 0.4) is 0 Å². The van der Waals surface area contributed by atoms with Gasteiger partial charge in [-0.25, -0.2) is 22.8 Å².